The number of rotatable bonds is 4. The molecule has 0 spiro atoms. The fourth-order valence-electron chi connectivity index (χ4n) is 6.29. The van der Waals surface area contributed by atoms with E-state index in [1.54, 1.807) is 12.4 Å². The zero-order valence-electron chi connectivity index (χ0n) is 19.0. The first kappa shape index (κ1) is 21.6. The molecule has 1 aliphatic carbocycles. The van der Waals surface area contributed by atoms with Crippen LogP contribution in [0.5, 0.6) is 0 Å². The average Bonchev–Trinajstić information content (AvgIpc) is 3.44. The first-order valence-electron chi connectivity index (χ1n) is 12.3. The lowest BCUT2D eigenvalue weighted by Gasteiger charge is -2.38. The maximum absolute atomic E-state index is 13.9. The molecule has 2 atom stereocenters. The standard InChI is InChI=1S/C24H35N5O3/c30-21(15-19-5-1-2-6-19)28-10-3-7-24(22(31)27-11-13-32-14-12-27)18-29(17-20(24)16-28)23-25-8-4-9-26-23/h4,8-9,19-20H,1-3,5-7,10-18H2/t20-,24-/m0/s1. The molecule has 3 aliphatic heterocycles. The van der Waals surface area contributed by atoms with Crippen LogP contribution in [-0.4, -0.2) is 84.1 Å². The summed E-state index contributed by atoms with van der Waals surface area (Å²) in [5, 5.41) is 0. The van der Waals surface area contributed by atoms with Gasteiger partial charge < -0.3 is 19.4 Å². The second-order valence-electron chi connectivity index (χ2n) is 9.98. The van der Waals surface area contributed by atoms with Crippen LogP contribution in [0.4, 0.5) is 5.95 Å². The number of hydrogen-bond donors (Lipinski definition) is 0. The van der Waals surface area contributed by atoms with Gasteiger partial charge in [0, 0.05) is 64.0 Å². The summed E-state index contributed by atoms with van der Waals surface area (Å²) in [6.07, 6.45) is 10.7. The molecule has 0 aromatic carbocycles. The number of aromatic nitrogens is 2. The van der Waals surface area contributed by atoms with E-state index in [0.29, 0.717) is 64.2 Å². The summed E-state index contributed by atoms with van der Waals surface area (Å²) in [6.45, 7) is 5.27. The molecule has 1 aromatic heterocycles. The Labute approximate surface area is 190 Å². The second-order valence-corrected chi connectivity index (χ2v) is 9.98. The van der Waals surface area contributed by atoms with Crippen molar-refractivity contribution in [3.8, 4) is 0 Å². The van der Waals surface area contributed by atoms with Crippen molar-refractivity contribution in [2.24, 2.45) is 17.3 Å². The summed E-state index contributed by atoms with van der Waals surface area (Å²) < 4.78 is 5.50. The molecule has 8 nitrogen and oxygen atoms in total. The monoisotopic (exact) mass is 441 g/mol. The number of carbonyl (C=O) groups excluding carboxylic acids is 2. The molecule has 0 N–H and O–H groups in total. The number of ether oxygens (including phenoxy) is 1. The average molecular weight is 442 g/mol. The summed E-state index contributed by atoms with van der Waals surface area (Å²) in [7, 11) is 0. The van der Waals surface area contributed by atoms with Crippen LogP contribution in [0.1, 0.15) is 44.9 Å². The Morgan fingerprint density at radius 3 is 2.50 bits per heavy atom. The Morgan fingerprint density at radius 1 is 1.00 bits per heavy atom. The number of amides is 2. The van der Waals surface area contributed by atoms with Crippen LogP contribution in [0.2, 0.25) is 0 Å². The van der Waals surface area contributed by atoms with Gasteiger partial charge in [0.25, 0.3) is 0 Å². The van der Waals surface area contributed by atoms with Gasteiger partial charge in [-0.05, 0) is 37.7 Å². The highest BCUT2D eigenvalue weighted by atomic mass is 16.5. The van der Waals surface area contributed by atoms with Crippen LogP contribution < -0.4 is 4.90 Å². The Balaban J connectivity index is 1.38. The van der Waals surface area contributed by atoms with Gasteiger partial charge in [0.2, 0.25) is 17.8 Å². The van der Waals surface area contributed by atoms with E-state index in [-0.39, 0.29) is 17.7 Å². The van der Waals surface area contributed by atoms with Crippen LogP contribution in [-0.2, 0) is 14.3 Å². The molecule has 4 aliphatic rings. The lowest BCUT2D eigenvalue weighted by molar-refractivity contribution is -0.148. The van der Waals surface area contributed by atoms with Crippen LogP contribution >= 0.6 is 0 Å². The highest BCUT2D eigenvalue weighted by Crippen LogP contribution is 2.45. The molecule has 4 heterocycles. The first-order valence-corrected chi connectivity index (χ1v) is 12.3. The fraction of sp³-hybridized carbons (Fsp3) is 0.750. The third kappa shape index (κ3) is 4.21. The first-order chi connectivity index (χ1) is 15.7. The number of carbonyl (C=O) groups is 2. The second kappa shape index (κ2) is 9.33. The summed E-state index contributed by atoms with van der Waals surface area (Å²) in [5.74, 6) is 1.83. The van der Waals surface area contributed by atoms with Crippen molar-refractivity contribution in [1.82, 2.24) is 19.8 Å². The van der Waals surface area contributed by atoms with Gasteiger partial charge in [-0.15, -0.1) is 0 Å². The molecule has 1 aromatic rings. The predicted octanol–water partition coefficient (Wildman–Crippen LogP) is 1.96. The molecule has 0 radical (unpaired) electrons. The fourth-order valence-corrected chi connectivity index (χ4v) is 6.29. The SMILES string of the molecule is O=C(CC1CCCC1)N1CCC[C@]2(C(=O)N3CCOCC3)CN(c3ncccn3)C[C@@H]2C1. The molecule has 8 heteroatoms. The molecule has 174 valence electrons. The van der Waals surface area contributed by atoms with Crippen molar-refractivity contribution < 1.29 is 14.3 Å². The van der Waals surface area contributed by atoms with E-state index in [2.05, 4.69) is 19.8 Å². The highest BCUT2D eigenvalue weighted by molar-refractivity contribution is 5.85. The minimum Gasteiger partial charge on any atom is -0.378 e. The number of nitrogens with zero attached hydrogens (tertiary/aromatic N) is 5. The molecular weight excluding hydrogens is 406 g/mol. The Kier molecular flexibility index (Phi) is 6.31. The van der Waals surface area contributed by atoms with Crippen LogP contribution in [0.3, 0.4) is 0 Å². The zero-order chi connectivity index (χ0) is 22.0. The normalized spacial score (nSPS) is 29.1. The van der Waals surface area contributed by atoms with E-state index in [0.717, 1.165) is 19.4 Å². The van der Waals surface area contributed by atoms with Gasteiger partial charge in [-0.2, -0.15) is 0 Å². The number of fused-ring (bicyclic) bond motifs is 1. The van der Waals surface area contributed by atoms with Gasteiger partial charge in [-0.3, -0.25) is 9.59 Å². The summed E-state index contributed by atoms with van der Waals surface area (Å²) in [5.41, 5.74) is -0.487. The van der Waals surface area contributed by atoms with Gasteiger partial charge >= 0.3 is 0 Å². The van der Waals surface area contributed by atoms with Crippen molar-refractivity contribution in [2.75, 3.05) is 57.4 Å². The van der Waals surface area contributed by atoms with Gasteiger partial charge in [-0.25, -0.2) is 9.97 Å². The Morgan fingerprint density at radius 2 is 1.75 bits per heavy atom. The quantitative estimate of drug-likeness (QED) is 0.711. The van der Waals surface area contributed by atoms with Gasteiger partial charge in [-0.1, -0.05) is 12.8 Å². The molecule has 0 bridgehead atoms. The number of anilines is 1. The van der Waals surface area contributed by atoms with Crippen molar-refractivity contribution in [3.05, 3.63) is 18.5 Å². The van der Waals surface area contributed by atoms with Crippen LogP contribution in [0.25, 0.3) is 0 Å². The van der Waals surface area contributed by atoms with Crippen molar-refractivity contribution in [1.29, 1.82) is 0 Å². The third-order valence-electron chi connectivity index (χ3n) is 8.04. The summed E-state index contributed by atoms with van der Waals surface area (Å²) >= 11 is 0. The molecule has 1 saturated carbocycles. The van der Waals surface area contributed by atoms with Crippen molar-refractivity contribution in [2.45, 2.75) is 44.9 Å². The van der Waals surface area contributed by atoms with E-state index in [9.17, 15) is 9.59 Å². The van der Waals surface area contributed by atoms with Crippen LogP contribution in [0, 0.1) is 17.3 Å². The topological polar surface area (TPSA) is 78.9 Å². The molecule has 4 fully saturated rings. The van der Waals surface area contributed by atoms with E-state index in [1.807, 2.05) is 11.0 Å². The highest BCUT2D eigenvalue weighted by Gasteiger charge is 2.55. The molecule has 3 saturated heterocycles. The van der Waals surface area contributed by atoms with E-state index >= 15 is 0 Å². The lowest BCUT2D eigenvalue weighted by atomic mass is 9.73. The number of morpholine rings is 1. The lowest BCUT2D eigenvalue weighted by Crippen LogP contribution is -2.53. The minimum absolute atomic E-state index is 0.0941. The molecule has 32 heavy (non-hydrogen) atoms. The summed E-state index contributed by atoms with van der Waals surface area (Å²) in [6, 6.07) is 1.82. The minimum atomic E-state index is -0.487. The van der Waals surface area contributed by atoms with E-state index in [1.165, 1.54) is 25.7 Å². The molecule has 5 rings (SSSR count). The smallest absolute Gasteiger partial charge is 0.231 e. The predicted molar refractivity (Wildman–Crippen MR) is 120 cm³/mol. The zero-order valence-corrected chi connectivity index (χ0v) is 19.0. The maximum Gasteiger partial charge on any atom is 0.231 e. The van der Waals surface area contributed by atoms with Crippen LogP contribution in [0.15, 0.2) is 18.5 Å². The third-order valence-corrected chi connectivity index (χ3v) is 8.04. The van der Waals surface area contributed by atoms with Gasteiger partial charge in [0.15, 0.2) is 0 Å². The molecule has 2 amide bonds. The number of likely N-dealkylation sites (tertiary alicyclic amines) is 1. The Bertz CT molecular complexity index is 809. The Hall–Kier alpha value is -2.22. The summed E-state index contributed by atoms with van der Waals surface area (Å²) in [4.78, 5) is 42.3. The van der Waals surface area contributed by atoms with Gasteiger partial charge in [0.1, 0.15) is 0 Å². The number of hydrogen-bond acceptors (Lipinski definition) is 6. The molecule has 0 unspecified atom stereocenters. The van der Waals surface area contributed by atoms with E-state index < -0.39 is 5.41 Å². The maximum atomic E-state index is 13.9. The van der Waals surface area contributed by atoms with Crippen molar-refractivity contribution in [3.63, 3.8) is 0 Å². The largest absolute Gasteiger partial charge is 0.378 e. The van der Waals surface area contributed by atoms with E-state index in [4.69, 9.17) is 4.74 Å². The molecular formula is C24H35N5O3. The van der Waals surface area contributed by atoms with Gasteiger partial charge in [0.05, 0.1) is 18.6 Å². The van der Waals surface area contributed by atoms with Crippen molar-refractivity contribution >= 4 is 17.8 Å².